The molecule has 4 atom stereocenters. The van der Waals surface area contributed by atoms with Crippen LogP contribution in [0.5, 0.6) is 0 Å². The molecule has 3 amide bonds. The SMILES string of the molecule is C=CC[C@@H](CC(=O)N[C@H](CO)Cc1ccccc1)C(=O)N[C@H](COC(=O)[C@@H](CC=C)NC(=O)OCc1ccccc1)Cc1c[nH]c2ccccc12. The molecule has 0 aliphatic heterocycles. The van der Waals surface area contributed by atoms with E-state index < -0.39 is 42.0 Å². The standard InChI is InChI=1S/C40H46N4O7/c1-3-13-30(23-37(46)42-32(25-45)21-28-15-7-5-8-16-28)38(47)43-33(22-31-24-41-35-20-12-11-19-34(31)35)27-50-39(48)36(14-4-2)44-40(49)51-26-29-17-9-6-10-18-29/h3-12,15-20,24,30,32-33,36,41,45H,1-2,13-14,21-23,25-27H2,(H,42,46)(H,43,47)(H,44,49)/t30-,32-,33-,36+/m0/s1. The summed E-state index contributed by atoms with van der Waals surface area (Å²) in [5.41, 5.74) is 3.55. The summed E-state index contributed by atoms with van der Waals surface area (Å²) in [6.45, 7) is 7.01. The Bertz CT molecular complexity index is 1740. The number of esters is 1. The van der Waals surface area contributed by atoms with Gasteiger partial charge in [-0.2, -0.15) is 0 Å². The Hall–Kier alpha value is -5.68. The maximum Gasteiger partial charge on any atom is 0.408 e. The first-order chi connectivity index (χ1) is 24.8. The third-order valence-electron chi connectivity index (χ3n) is 8.27. The first-order valence-corrected chi connectivity index (χ1v) is 16.9. The molecule has 4 aromatic rings. The van der Waals surface area contributed by atoms with Crippen molar-refractivity contribution in [3.8, 4) is 0 Å². The van der Waals surface area contributed by atoms with Crippen LogP contribution in [0, 0.1) is 5.92 Å². The number of ether oxygens (including phenoxy) is 2. The fourth-order valence-electron chi connectivity index (χ4n) is 5.66. The summed E-state index contributed by atoms with van der Waals surface area (Å²) < 4.78 is 11.0. The van der Waals surface area contributed by atoms with E-state index in [-0.39, 0.29) is 45.0 Å². The van der Waals surface area contributed by atoms with Crippen molar-refractivity contribution in [2.45, 2.75) is 56.8 Å². The number of allylic oxidation sites excluding steroid dienone is 1. The second-order valence-corrected chi connectivity index (χ2v) is 12.2. The van der Waals surface area contributed by atoms with E-state index in [2.05, 4.69) is 34.1 Å². The normalized spacial score (nSPS) is 13.2. The third-order valence-corrected chi connectivity index (χ3v) is 8.27. The number of aliphatic hydroxyl groups is 1. The Balaban J connectivity index is 1.42. The van der Waals surface area contributed by atoms with Gasteiger partial charge >= 0.3 is 12.1 Å². The Labute approximate surface area is 298 Å². The third kappa shape index (κ3) is 12.3. The highest BCUT2D eigenvalue weighted by atomic mass is 16.6. The van der Waals surface area contributed by atoms with Crippen molar-refractivity contribution in [3.05, 3.63) is 133 Å². The summed E-state index contributed by atoms with van der Waals surface area (Å²) >= 11 is 0. The number of hydrogen-bond acceptors (Lipinski definition) is 7. The van der Waals surface area contributed by atoms with Gasteiger partial charge in [-0.15, -0.1) is 13.2 Å². The fourth-order valence-corrected chi connectivity index (χ4v) is 5.66. The van der Waals surface area contributed by atoms with Crippen molar-refractivity contribution in [2.75, 3.05) is 13.2 Å². The van der Waals surface area contributed by atoms with E-state index in [9.17, 15) is 24.3 Å². The molecule has 0 aliphatic carbocycles. The van der Waals surface area contributed by atoms with Gasteiger partial charge in [-0.1, -0.05) is 91.0 Å². The van der Waals surface area contributed by atoms with Crippen molar-refractivity contribution in [1.29, 1.82) is 0 Å². The van der Waals surface area contributed by atoms with Gasteiger partial charge in [-0.25, -0.2) is 9.59 Å². The Morgan fingerprint density at radius 3 is 2.12 bits per heavy atom. The number of benzene rings is 3. The topological polar surface area (TPSA) is 159 Å². The maximum absolute atomic E-state index is 13.7. The lowest BCUT2D eigenvalue weighted by atomic mass is 9.97. The number of carbonyl (C=O) groups is 4. The molecule has 1 heterocycles. The van der Waals surface area contributed by atoms with Crippen molar-refractivity contribution in [1.82, 2.24) is 20.9 Å². The van der Waals surface area contributed by atoms with E-state index in [4.69, 9.17) is 9.47 Å². The number of para-hydroxylation sites is 1. The number of H-pyrrole nitrogens is 1. The molecule has 0 fully saturated rings. The summed E-state index contributed by atoms with van der Waals surface area (Å²) in [5.74, 6) is -2.29. The van der Waals surface area contributed by atoms with Gasteiger partial charge in [0.15, 0.2) is 0 Å². The molecule has 0 radical (unpaired) electrons. The van der Waals surface area contributed by atoms with Crippen LogP contribution in [0.3, 0.4) is 0 Å². The molecular weight excluding hydrogens is 648 g/mol. The molecule has 1 aromatic heterocycles. The van der Waals surface area contributed by atoms with Crippen LogP contribution in [-0.4, -0.2) is 65.3 Å². The number of nitrogens with one attached hydrogen (secondary N) is 4. The van der Waals surface area contributed by atoms with Gasteiger partial charge < -0.3 is 35.5 Å². The lowest BCUT2D eigenvalue weighted by Gasteiger charge is -2.24. The van der Waals surface area contributed by atoms with Crippen LogP contribution >= 0.6 is 0 Å². The summed E-state index contributed by atoms with van der Waals surface area (Å²) in [4.78, 5) is 55.8. The van der Waals surface area contributed by atoms with Crippen LogP contribution in [-0.2, 0) is 43.3 Å². The van der Waals surface area contributed by atoms with Crippen LogP contribution in [0.2, 0.25) is 0 Å². The average molecular weight is 695 g/mol. The number of aromatic amines is 1. The van der Waals surface area contributed by atoms with Crippen molar-refractivity contribution in [2.24, 2.45) is 5.92 Å². The molecule has 0 aliphatic rings. The van der Waals surface area contributed by atoms with Crippen LogP contribution in [0.15, 0.2) is 116 Å². The highest BCUT2D eigenvalue weighted by Gasteiger charge is 2.28. The van der Waals surface area contributed by atoms with Gasteiger partial charge in [0, 0.05) is 23.5 Å². The van der Waals surface area contributed by atoms with E-state index in [1.54, 1.807) is 6.08 Å². The summed E-state index contributed by atoms with van der Waals surface area (Å²) in [6, 6.07) is 24.1. The highest BCUT2D eigenvalue weighted by Crippen LogP contribution is 2.20. The summed E-state index contributed by atoms with van der Waals surface area (Å²) in [6.07, 6.45) is 5.02. The lowest BCUT2D eigenvalue weighted by Crippen LogP contribution is -2.47. The van der Waals surface area contributed by atoms with E-state index in [1.165, 1.54) is 6.08 Å². The zero-order valence-corrected chi connectivity index (χ0v) is 28.6. The van der Waals surface area contributed by atoms with E-state index in [0.29, 0.717) is 12.8 Å². The predicted molar refractivity (Wildman–Crippen MR) is 195 cm³/mol. The van der Waals surface area contributed by atoms with Gasteiger partial charge in [-0.3, -0.25) is 9.59 Å². The Kier molecular flexibility index (Phi) is 15.0. The monoisotopic (exact) mass is 694 g/mol. The maximum atomic E-state index is 13.7. The van der Waals surface area contributed by atoms with Crippen LogP contribution in [0.1, 0.15) is 36.0 Å². The number of fused-ring (bicyclic) bond motifs is 1. The van der Waals surface area contributed by atoms with Crippen molar-refractivity contribution < 1.29 is 33.8 Å². The smallest absolute Gasteiger partial charge is 0.408 e. The van der Waals surface area contributed by atoms with Gasteiger partial charge in [0.05, 0.1) is 24.6 Å². The Morgan fingerprint density at radius 1 is 0.765 bits per heavy atom. The van der Waals surface area contributed by atoms with E-state index in [0.717, 1.165) is 27.6 Å². The van der Waals surface area contributed by atoms with Gasteiger partial charge in [0.1, 0.15) is 19.3 Å². The number of aliphatic hydroxyl groups excluding tert-OH is 1. The molecule has 0 saturated carbocycles. The second kappa shape index (κ2) is 20.1. The molecule has 3 aromatic carbocycles. The number of carbonyl (C=O) groups excluding carboxylic acids is 4. The minimum atomic E-state index is -1.07. The minimum absolute atomic E-state index is 0.0266. The van der Waals surface area contributed by atoms with E-state index >= 15 is 0 Å². The molecular formula is C40H46N4O7. The first kappa shape index (κ1) is 38.1. The largest absolute Gasteiger partial charge is 0.462 e. The fraction of sp³-hybridized carbons (Fsp3) is 0.300. The minimum Gasteiger partial charge on any atom is -0.462 e. The van der Waals surface area contributed by atoms with Crippen molar-refractivity contribution in [3.63, 3.8) is 0 Å². The zero-order chi connectivity index (χ0) is 36.4. The molecule has 0 unspecified atom stereocenters. The van der Waals surface area contributed by atoms with Crippen LogP contribution in [0.4, 0.5) is 4.79 Å². The number of alkyl carbamates (subject to hydrolysis) is 1. The van der Waals surface area contributed by atoms with Gasteiger partial charge in [0.2, 0.25) is 11.8 Å². The van der Waals surface area contributed by atoms with Crippen LogP contribution < -0.4 is 16.0 Å². The summed E-state index contributed by atoms with van der Waals surface area (Å²) in [5, 5.41) is 19.2. The molecule has 0 bridgehead atoms. The van der Waals surface area contributed by atoms with Crippen LogP contribution in [0.25, 0.3) is 10.9 Å². The number of amides is 3. The lowest BCUT2D eigenvalue weighted by molar-refractivity contribution is -0.147. The molecule has 11 nitrogen and oxygen atoms in total. The first-order valence-electron chi connectivity index (χ1n) is 16.9. The molecule has 5 N–H and O–H groups in total. The van der Waals surface area contributed by atoms with Crippen molar-refractivity contribution >= 4 is 34.8 Å². The molecule has 4 rings (SSSR count). The van der Waals surface area contributed by atoms with Gasteiger partial charge in [0.25, 0.3) is 0 Å². The number of aromatic nitrogens is 1. The molecule has 11 heteroatoms. The second-order valence-electron chi connectivity index (χ2n) is 12.2. The molecule has 268 valence electrons. The molecule has 0 saturated heterocycles. The van der Waals surface area contributed by atoms with E-state index in [1.807, 2.05) is 91.1 Å². The average Bonchev–Trinajstić information content (AvgIpc) is 3.55. The Morgan fingerprint density at radius 2 is 1.43 bits per heavy atom. The quantitative estimate of drug-likeness (QED) is 0.0650. The number of rotatable bonds is 20. The van der Waals surface area contributed by atoms with Gasteiger partial charge in [-0.05, 0) is 48.4 Å². The summed E-state index contributed by atoms with van der Waals surface area (Å²) in [7, 11) is 0. The highest BCUT2D eigenvalue weighted by molar-refractivity contribution is 5.87. The number of hydrogen-bond donors (Lipinski definition) is 5. The molecule has 0 spiro atoms. The predicted octanol–water partition coefficient (Wildman–Crippen LogP) is 4.91. The molecule has 51 heavy (non-hydrogen) atoms. The zero-order valence-electron chi connectivity index (χ0n) is 28.6.